The molecule has 296 valence electrons. The molecule has 1 aliphatic rings. The van der Waals surface area contributed by atoms with E-state index in [1.54, 1.807) is 6.07 Å². The highest BCUT2D eigenvalue weighted by Gasteiger charge is 2.49. The van der Waals surface area contributed by atoms with Crippen LogP contribution in [0.15, 0.2) is 47.4 Å². The molecule has 1 heterocycles. The molecule has 2 atom stereocenters. The lowest BCUT2D eigenvalue weighted by Gasteiger charge is -2.40. The topological polar surface area (TPSA) is 76.6 Å². The number of aliphatic hydroxyl groups excluding tert-OH is 1. The van der Waals surface area contributed by atoms with Crippen molar-refractivity contribution in [3.63, 3.8) is 0 Å². The molecule has 0 aromatic heterocycles. The largest absolute Gasteiger partial charge is 0.494 e. The molecule has 2 unspecified atom stereocenters. The second-order valence-corrected chi connectivity index (χ2v) is 17.2. The number of hydrogen-bond acceptors (Lipinski definition) is 8. The summed E-state index contributed by atoms with van der Waals surface area (Å²) in [6.45, 7) is 23.9. The van der Waals surface area contributed by atoms with Crippen LogP contribution < -0.4 is 9.64 Å². The Kier molecular flexibility index (Phi) is 18.9. The van der Waals surface area contributed by atoms with E-state index < -0.39 is 27.3 Å². The number of unbranched alkanes of at least 4 members (excludes halogenated alkanes) is 4. The van der Waals surface area contributed by atoms with Crippen molar-refractivity contribution in [3.05, 3.63) is 53.6 Å². The van der Waals surface area contributed by atoms with E-state index in [1.807, 2.05) is 55.4 Å². The molecule has 52 heavy (non-hydrogen) atoms. The molecule has 2 aromatic rings. The summed E-state index contributed by atoms with van der Waals surface area (Å²) in [7, 11) is 0.306. The van der Waals surface area contributed by atoms with Crippen LogP contribution in [-0.2, 0) is 9.84 Å². The Morgan fingerprint density at radius 3 is 1.79 bits per heavy atom. The highest BCUT2D eigenvalue weighted by atomic mass is 32.2. The number of nitrogens with zero attached hydrogens (tertiary/aromatic N) is 4. The number of benzene rings is 2. The summed E-state index contributed by atoms with van der Waals surface area (Å²) in [6.07, 6.45) is 7.53. The minimum atomic E-state index is -3.63. The van der Waals surface area contributed by atoms with E-state index in [9.17, 15) is 13.5 Å². The SMILES string of the molecule is CCCCC1(CCCC)CS(=O)(=O)c2ccc(N(C)C)cc2C(c2ccc(OCCCCCN(CCN(CC)CC)CCN(CC)CC)cc2)C1O. The standard InChI is InChI=1S/C43H74N4O4S/c1-9-15-26-43(27-16-10-2)35-52(49,50)40-25-22-37(44(7)8)34-39(40)41(42(43)48)36-20-23-38(24-21-36)51-33-19-17-18-28-47(31-29-45(11-3)12-4)32-30-46(13-5)14-6/h20-25,34,41-42,48H,9-19,26-33,35H2,1-8H3. The van der Waals surface area contributed by atoms with Gasteiger partial charge >= 0.3 is 0 Å². The van der Waals surface area contributed by atoms with E-state index in [2.05, 4.69) is 56.2 Å². The van der Waals surface area contributed by atoms with Crippen LogP contribution in [0.1, 0.15) is 116 Å². The molecule has 0 saturated heterocycles. The van der Waals surface area contributed by atoms with Crippen LogP contribution in [0.3, 0.4) is 0 Å². The number of rotatable bonds is 25. The molecule has 1 N–H and O–H groups in total. The van der Waals surface area contributed by atoms with E-state index in [1.165, 1.54) is 0 Å². The van der Waals surface area contributed by atoms with Crippen LogP contribution in [0.5, 0.6) is 5.75 Å². The molecule has 0 bridgehead atoms. The van der Waals surface area contributed by atoms with Crippen molar-refractivity contribution in [2.24, 2.45) is 5.41 Å². The fourth-order valence-electron chi connectivity index (χ4n) is 7.95. The molecule has 2 aromatic carbocycles. The van der Waals surface area contributed by atoms with Crippen molar-refractivity contribution in [1.82, 2.24) is 14.7 Å². The van der Waals surface area contributed by atoms with Gasteiger partial charge in [0.25, 0.3) is 0 Å². The molecule has 1 aliphatic heterocycles. The summed E-state index contributed by atoms with van der Waals surface area (Å²) >= 11 is 0. The van der Waals surface area contributed by atoms with Gasteiger partial charge in [-0.2, -0.15) is 0 Å². The van der Waals surface area contributed by atoms with Crippen molar-refractivity contribution >= 4 is 15.5 Å². The van der Waals surface area contributed by atoms with E-state index in [0.717, 1.165) is 121 Å². The third-order valence-electron chi connectivity index (χ3n) is 11.5. The van der Waals surface area contributed by atoms with Crippen LogP contribution in [-0.4, -0.2) is 120 Å². The average Bonchev–Trinajstić information content (AvgIpc) is 3.21. The lowest BCUT2D eigenvalue weighted by Crippen LogP contribution is -2.43. The molecule has 3 rings (SSSR count). The fraction of sp³-hybridized carbons (Fsp3) is 0.721. The highest BCUT2D eigenvalue weighted by Crippen LogP contribution is 2.50. The molecule has 0 radical (unpaired) electrons. The molecule has 0 amide bonds. The molecule has 0 spiro atoms. The predicted molar refractivity (Wildman–Crippen MR) is 220 cm³/mol. The van der Waals surface area contributed by atoms with Crippen LogP contribution in [0, 0.1) is 5.41 Å². The lowest BCUT2D eigenvalue weighted by atomic mass is 9.68. The first-order valence-electron chi connectivity index (χ1n) is 20.6. The zero-order chi connectivity index (χ0) is 38.1. The smallest absolute Gasteiger partial charge is 0.179 e. The van der Waals surface area contributed by atoms with Crippen molar-refractivity contribution in [1.29, 1.82) is 0 Å². The third-order valence-corrected chi connectivity index (χ3v) is 13.5. The van der Waals surface area contributed by atoms with Gasteiger partial charge in [0.05, 0.1) is 23.4 Å². The number of hydrogen-bond donors (Lipinski definition) is 1. The first kappa shape index (κ1) is 44.2. The van der Waals surface area contributed by atoms with Gasteiger partial charge in [0, 0.05) is 57.3 Å². The predicted octanol–water partition coefficient (Wildman–Crippen LogP) is 7.93. The maximum atomic E-state index is 14.1. The Morgan fingerprint density at radius 2 is 1.27 bits per heavy atom. The monoisotopic (exact) mass is 743 g/mol. The second kappa shape index (κ2) is 22.3. The van der Waals surface area contributed by atoms with Gasteiger partial charge in [-0.15, -0.1) is 0 Å². The van der Waals surface area contributed by atoms with Crippen LogP contribution in [0.25, 0.3) is 0 Å². The maximum absolute atomic E-state index is 14.1. The summed E-state index contributed by atoms with van der Waals surface area (Å²) < 4.78 is 34.5. The number of ether oxygens (including phenoxy) is 1. The summed E-state index contributed by atoms with van der Waals surface area (Å²) in [5, 5.41) is 12.5. The molecule has 9 heteroatoms. The number of aliphatic hydroxyl groups is 1. The lowest BCUT2D eigenvalue weighted by molar-refractivity contribution is 0.0127. The molecular weight excluding hydrogens is 669 g/mol. The Hall–Kier alpha value is -2.17. The van der Waals surface area contributed by atoms with Gasteiger partial charge < -0.3 is 29.4 Å². The normalized spacial score (nSPS) is 18.2. The van der Waals surface area contributed by atoms with E-state index in [-0.39, 0.29) is 5.75 Å². The molecule has 0 saturated carbocycles. The van der Waals surface area contributed by atoms with E-state index >= 15 is 0 Å². The first-order chi connectivity index (χ1) is 25.0. The van der Waals surface area contributed by atoms with Gasteiger partial charge in [0.15, 0.2) is 9.84 Å². The Morgan fingerprint density at radius 1 is 0.712 bits per heavy atom. The van der Waals surface area contributed by atoms with Gasteiger partial charge in [-0.05, 0) is 106 Å². The van der Waals surface area contributed by atoms with Gasteiger partial charge in [-0.3, -0.25) is 0 Å². The average molecular weight is 743 g/mol. The zero-order valence-corrected chi connectivity index (χ0v) is 35.0. The fourth-order valence-corrected chi connectivity index (χ4v) is 10.1. The Labute approximate surface area is 318 Å². The third kappa shape index (κ3) is 12.4. The quantitative estimate of drug-likeness (QED) is 0.103. The Bertz CT molecular complexity index is 1370. The summed E-state index contributed by atoms with van der Waals surface area (Å²) in [5.74, 6) is 0.336. The number of likely N-dealkylation sites (N-methyl/N-ethyl adjacent to an activating group) is 2. The maximum Gasteiger partial charge on any atom is 0.179 e. The first-order valence-corrected chi connectivity index (χ1v) is 22.3. The minimum absolute atomic E-state index is 0.0171. The minimum Gasteiger partial charge on any atom is -0.494 e. The second-order valence-electron chi connectivity index (χ2n) is 15.2. The van der Waals surface area contributed by atoms with Crippen molar-refractivity contribution < 1.29 is 18.3 Å². The zero-order valence-electron chi connectivity index (χ0n) is 34.2. The molecule has 8 nitrogen and oxygen atoms in total. The summed E-state index contributed by atoms with van der Waals surface area (Å²) in [5.41, 5.74) is 1.84. The van der Waals surface area contributed by atoms with E-state index in [0.29, 0.717) is 29.9 Å². The number of anilines is 1. The number of sulfone groups is 1. The number of fused-ring (bicyclic) bond motifs is 1. The van der Waals surface area contributed by atoms with Gasteiger partial charge in [-0.25, -0.2) is 8.42 Å². The van der Waals surface area contributed by atoms with Crippen molar-refractivity contribution in [3.8, 4) is 5.75 Å². The van der Waals surface area contributed by atoms with Crippen molar-refractivity contribution in [2.45, 2.75) is 116 Å². The van der Waals surface area contributed by atoms with Gasteiger partial charge in [0.1, 0.15) is 5.75 Å². The molecule has 0 aliphatic carbocycles. The van der Waals surface area contributed by atoms with Crippen LogP contribution >= 0.6 is 0 Å². The molecule has 0 fully saturated rings. The summed E-state index contributed by atoms with van der Waals surface area (Å²) in [4.78, 5) is 10.0. The van der Waals surface area contributed by atoms with Crippen LogP contribution in [0.2, 0.25) is 0 Å². The van der Waals surface area contributed by atoms with Crippen LogP contribution in [0.4, 0.5) is 5.69 Å². The van der Waals surface area contributed by atoms with Gasteiger partial charge in [-0.1, -0.05) is 79.4 Å². The van der Waals surface area contributed by atoms with Gasteiger partial charge in [0.2, 0.25) is 0 Å². The van der Waals surface area contributed by atoms with Crippen molar-refractivity contribution in [2.75, 3.05) is 90.3 Å². The Balaban J connectivity index is 1.73. The summed E-state index contributed by atoms with van der Waals surface area (Å²) in [6, 6.07) is 13.7. The molecular formula is C43H74N4O4S. The van der Waals surface area contributed by atoms with E-state index in [4.69, 9.17) is 4.74 Å². The highest BCUT2D eigenvalue weighted by molar-refractivity contribution is 7.91.